The van der Waals surface area contributed by atoms with E-state index >= 15 is 0 Å². The molecule has 4 heterocycles. The Kier molecular flexibility index (Phi) is 12.3. The van der Waals surface area contributed by atoms with Crippen LogP contribution in [0.3, 0.4) is 0 Å². The summed E-state index contributed by atoms with van der Waals surface area (Å²) in [6, 6.07) is 13.1. The van der Waals surface area contributed by atoms with Crippen LogP contribution in [0.5, 0.6) is 0 Å². The molecule has 0 aliphatic carbocycles. The van der Waals surface area contributed by atoms with Crippen LogP contribution in [0.1, 0.15) is 69.0 Å². The van der Waals surface area contributed by atoms with Crippen molar-refractivity contribution in [3.63, 3.8) is 0 Å². The molecule has 2 aromatic carbocycles. The number of hydrogen-bond acceptors (Lipinski definition) is 10. The molecule has 2 aliphatic rings. The Morgan fingerprint density at radius 2 is 1.88 bits per heavy atom. The molecule has 51 heavy (non-hydrogen) atoms. The molecule has 3 atom stereocenters. The average Bonchev–Trinajstić information content (AvgIpc) is 3.86. The number of para-hydroxylation sites is 1. The first kappa shape index (κ1) is 36.8. The minimum atomic E-state index is -0.897. The van der Waals surface area contributed by atoms with Crippen LogP contribution in [-0.4, -0.2) is 82.8 Å². The predicted molar refractivity (Wildman–Crippen MR) is 201 cm³/mol. The number of aromatic nitrogens is 2. The van der Waals surface area contributed by atoms with Crippen molar-refractivity contribution in [1.29, 1.82) is 5.41 Å². The Morgan fingerprint density at radius 1 is 1.12 bits per heavy atom. The number of Topliss-reactive ketones (excluding diaryl/α,β-unsaturated/α-hetero) is 1. The molecule has 15 heteroatoms. The van der Waals surface area contributed by atoms with Gasteiger partial charge in [-0.25, -0.2) is 9.97 Å². The Labute approximate surface area is 310 Å². The lowest BCUT2D eigenvalue weighted by atomic mass is 9.99. The number of amides is 2. The van der Waals surface area contributed by atoms with Gasteiger partial charge in [-0.3, -0.25) is 19.8 Å². The number of ether oxygens (including phenoxy) is 1. The van der Waals surface area contributed by atoms with Crippen molar-refractivity contribution in [2.45, 2.75) is 76.2 Å². The van der Waals surface area contributed by atoms with Crippen molar-refractivity contribution in [2.75, 3.05) is 26.2 Å². The summed E-state index contributed by atoms with van der Waals surface area (Å²) in [5.74, 6) is -0.730. The number of nitrogens with two attached hydrogens (primary N) is 1. The minimum absolute atomic E-state index is 0.0752. The average molecular weight is 751 g/mol. The van der Waals surface area contributed by atoms with Crippen LogP contribution in [-0.2, 0) is 27.4 Å². The van der Waals surface area contributed by atoms with Crippen molar-refractivity contribution >= 4 is 68.0 Å². The van der Waals surface area contributed by atoms with E-state index in [0.29, 0.717) is 41.0 Å². The van der Waals surface area contributed by atoms with Gasteiger partial charge < -0.3 is 31.3 Å². The molecule has 0 spiro atoms. The summed E-state index contributed by atoms with van der Waals surface area (Å²) >= 11 is 8.99. The van der Waals surface area contributed by atoms with Crippen molar-refractivity contribution in [3.05, 3.63) is 79.7 Å². The molecule has 12 nitrogen and oxygen atoms in total. The highest BCUT2D eigenvalue weighted by Gasteiger charge is 2.41. The summed E-state index contributed by atoms with van der Waals surface area (Å²) in [4.78, 5) is 54.2. The van der Waals surface area contributed by atoms with E-state index in [1.165, 1.54) is 11.3 Å². The second kappa shape index (κ2) is 17.0. The molecule has 2 saturated heterocycles. The number of carbonyl (C=O) groups excluding carboxylic acids is 3. The summed E-state index contributed by atoms with van der Waals surface area (Å²) in [5, 5.41) is 18.6. The molecule has 2 fully saturated rings. The van der Waals surface area contributed by atoms with Crippen LogP contribution in [0, 0.1) is 12.3 Å². The first-order valence-corrected chi connectivity index (χ1v) is 19.3. The summed E-state index contributed by atoms with van der Waals surface area (Å²) in [7, 11) is 0. The van der Waals surface area contributed by atoms with E-state index in [0.717, 1.165) is 51.8 Å². The standard InChI is InChI=1S/C36H43ClN8O4S2/c1-21-28(44-34(50-21)23-12-15-40-16-13-23)18-31(46)45-19-25(49-20-22-8-10-24(37)11-9-22)17-29(45)33(48)42-27(6-4-14-41-36(38)39)32(47)35-43-26-5-2-3-7-30(26)51-35/h2-3,5,7-11,23,25,27,29,40H,4,6,12-20H2,1H3,(H,42,48)(H4,38,39,41)/t25-,27+,29+/m1/s1. The van der Waals surface area contributed by atoms with Crippen LogP contribution >= 0.6 is 34.3 Å². The van der Waals surface area contributed by atoms with E-state index in [2.05, 4.69) is 20.9 Å². The van der Waals surface area contributed by atoms with E-state index in [4.69, 9.17) is 32.5 Å². The van der Waals surface area contributed by atoms with Crippen molar-refractivity contribution in [3.8, 4) is 0 Å². The number of benzene rings is 2. The number of aryl methyl sites for hydroxylation is 1. The van der Waals surface area contributed by atoms with Crippen LogP contribution < -0.4 is 21.7 Å². The maximum atomic E-state index is 14.2. The number of halogens is 1. The lowest BCUT2D eigenvalue weighted by molar-refractivity contribution is -0.138. The molecule has 6 rings (SSSR count). The zero-order valence-electron chi connectivity index (χ0n) is 28.5. The van der Waals surface area contributed by atoms with Gasteiger partial charge in [-0.1, -0.05) is 35.9 Å². The number of nitrogens with zero attached hydrogens (tertiary/aromatic N) is 3. The Bertz CT molecular complexity index is 1830. The number of carbonyl (C=O) groups is 3. The van der Waals surface area contributed by atoms with Crippen LogP contribution in [0.25, 0.3) is 10.2 Å². The zero-order valence-corrected chi connectivity index (χ0v) is 30.8. The molecule has 2 amide bonds. The van der Waals surface area contributed by atoms with Gasteiger partial charge in [0.25, 0.3) is 0 Å². The summed E-state index contributed by atoms with van der Waals surface area (Å²) in [6.07, 6.45) is 2.73. The molecule has 0 unspecified atom stereocenters. The number of nitrogens with one attached hydrogen (secondary N) is 4. The molecule has 2 aliphatic heterocycles. The fourth-order valence-electron chi connectivity index (χ4n) is 6.53. The molecule has 0 saturated carbocycles. The summed E-state index contributed by atoms with van der Waals surface area (Å²) in [6.45, 7) is 4.79. The van der Waals surface area contributed by atoms with Crippen molar-refractivity contribution in [2.24, 2.45) is 5.73 Å². The molecule has 6 N–H and O–H groups in total. The van der Waals surface area contributed by atoms with Crippen molar-refractivity contribution < 1.29 is 19.1 Å². The third kappa shape index (κ3) is 9.49. The SMILES string of the molecule is Cc1sc(C2CCNCC2)nc1CC(=O)N1C[C@H](OCc2ccc(Cl)cc2)C[C@H]1C(=O)N[C@@H](CCCNC(=N)N)C(=O)c1nc2ccccc2s1. The molecular formula is C36H43ClN8O4S2. The zero-order chi connectivity index (χ0) is 35.9. The highest BCUT2D eigenvalue weighted by atomic mass is 35.5. The minimum Gasteiger partial charge on any atom is -0.372 e. The third-order valence-corrected chi connectivity index (χ3v) is 11.8. The first-order valence-electron chi connectivity index (χ1n) is 17.2. The number of fused-ring (bicyclic) bond motifs is 1. The Balaban J connectivity index is 1.20. The van der Waals surface area contributed by atoms with Gasteiger partial charge in [0.2, 0.25) is 17.6 Å². The maximum absolute atomic E-state index is 14.2. The predicted octanol–water partition coefficient (Wildman–Crippen LogP) is 4.54. The van der Waals surface area contributed by atoms with E-state index in [9.17, 15) is 14.4 Å². The fraction of sp³-hybridized carbons (Fsp3) is 0.444. The van der Waals surface area contributed by atoms with Gasteiger partial charge in [-0.2, -0.15) is 0 Å². The number of piperidine rings is 1. The van der Waals surface area contributed by atoms with Gasteiger partial charge in [-0.05, 0) is 75.5 Å². The lowest BCUT2D eigenvalue weighted by Gasteiger charge is -2.26. The molecule has 4 aromatic rings. The second-order valence-corrected chi connectivity index (χ2v) is 15.7. The van der Waals surface area contributed by atoms with Gasteiger partial charge in [0.1, 0.15) is 6.04 Å². The van der Waals surface area contributed by atoms with E-state index in [1.807, 2.05) is 43.3 Å². The van der Waals surface area contributed by atoms with Gasteiger partial charge >= 0.3 is 0 Å². The quantitative estimate of drug-likeness (QED) is 0.0536. The third-order valence-electron chi connectivity index (χ3n) is 9.32. The number of ketones is 1. The van der Waals surface area contributed by atoms with E-state index < -0.39 is 24.1 Å². The van der Waals surface area contributed by atoms with Crippen LogP contribution in [0.4, 0.5) is 0 Å². The normalized spacial score (nSPS) is 18.5. The van der Waals surface area contributed by atoms with Gasteiger partial charge in [0.05, 0.1) is 46.1 Å². The second-order valence-electron chi connectivity index (χ2n) is 13.0. The molecule has 2 aromatic heterocycles. The largest absolute Gasteiger partial charge is 0.372 e. The fourth-order valence-corrected chi connectivity index (χ4v) is 8.73. The van der Waals surface area contributed by atoms with E-state index in [1.54, 1.807) is 28.4 Å². The molecular weight excluding hydrogens is 708 g/mol. The van der Waals surface area contributed by atoms with Crippen molar-refractivity contribution in [1.82, 2.24) is 30.8 Å². The number of hydrogen-bond donors (Lipinski definition) is 5. The van der Waals surface area contributed by atoms with Crippen LogP contribution in [0.2, 0.25) is 5.02 Å². The number of rotatable bonds is 14. The molecule has 0 radical (unpaired) electrons. The lowest BCUT2D eigenvalue weighted by Crippen LogP contribution is -2.51. The van der Waals surface area contributed by atoms with Gasteiger partial charge in [-0.15, -0.1) is 22.7 Å². The summed E-state index contributed by atoms with van der Waals surface area (Å²) < 4.78 is 7.13. The number of guanidine groups is 1. The van der Waals surface area contributed by atoms with E-state index in [-0.39, 0.29) is 43.5 Å². The number of likely N-dealkylation sites (tertiary alicyclic amines) is 1. The smallest absolute Gasteiger partial charge is 0.243 e. The highest BCUT2D eigenvalue weighted by molar-refractivity contribution is 7.20. The molecule has 270 valence electrons. The highest BCUT2D eigenvalue weighted by Crippen LogP contribution is 2.32. The summed E-state index contributed by atoms with van der Waals surface area (Å²) in [5.41, 5.74) is 7.84. The maximum Gasteiger partial charge on any atom is 0.243 e. The molecule has 0 bridgehead atoms. The topological polar surface area (TPSA) is 175 Å². The number of thiazole rings is 2. The monoisotopic (exact) mass is 750 g/mol. The Hall–Kier alpha value is -3.95. The Morgan fingerprint density at radius 3 is 2.63 bits per heavy atom. The van der Waals surface area contributed by atoms with Gasteiger partial charge in [0, 0.05) is 35.3 Å². The van der Waals surface area contributed by atoms with Crippen LogP contribution in [0.15, 0.2) is 48.5 Å². The first-order chi connectivity index (χ1) is 24.6. The van der Waals surface area contributed by atoms with Gasteiger partial charge in [0.15, 0.2) is 11.0 Å².